The van der Waals surface area contributed by atoms with Crippen LogP contribution in [-0.4, -0.2) is 36.8 Å². The third-order valence-electron chi connectivity index (χ3n) is 1.08. The van der Waals surface area contributed by atoms with Gasteiger partial charge < -0.3 is 9.47 Å². The van der Waals surface area contributed by atoms with E-state index < -0.39 is 0 Å². The molecule has 0 aliphatic rings. The van der Waals surface area contributed by atoms with Crippen LogP contribution in [-0.2, 0) is 9.47 Å². The summed E-state index contributed by atoms with van der Waals surface area (Å²) >= 11 is 5.91. The number of thioether (sulfide) groups is 1. The topological polar surface area (TPSA) is 18.5 Å². The molecule has 4 heteroatoms. The summed E-state index contributed by atoms with van der Waals surface area (Å²) in [6.07, 6.45) is 0. The molecule has 0 fully saturated rings. The molecule has 0 aliphatic carbocycles. The second kappa shape index (κ2) is 9.71. The van der Waals surface area contributed by atoms with E-state index in [4.69, 9.17) is 9.47 Å². The number of ether oxygens (including phenoxy) is 2. The maximum Gasteiger partial charge on any atom is 0.146 e. The lowest BCUT2D eigenvalue weighted by molar-refractivity contribution is -0.0425. The summed E-state index contributed by atoms with van der Waals surface area (Å²) in [5.41, 5.74) is 0. The van der Waals surface area contributed by atoms with Crippen LogP contribution in [0.3, 0.4) is 0 Å². The van der Waals surface area contributed by atoms with Crippen molar-refractivity contribution in [2.24, 2.45) is 0 Å². The fraction of sp³-hybridized carbons (Fsp3) is 1.00. The van der Waals surface area contributed by atoms with Crippen molar-refractivity contribution in [2.45, 2.75) is 19.1 Å². The molecule has 0 saturated carbocycles. The van der Waals surface area contributed by atoms with E-state index in [1.54, 1.807) is 0 Å². The van der Waals surface area contributed by atoms with Crippen molar-refractivity contribution in [3.05, 3.63) is 0 Å². The molecule has 0 bridgehead atoms. The molecule has 0 amide bonds. The van der Waals surface area contributed by atoms with Gasteiger partial charge in [0.1, 0.15) is 6.79 Å². The number of rotatable bonds is 8. The van der Waals surface area contributed by atoms with Crippen molar-refractivity contribution >= 4 is 24.4 Å². The van der Waals surface area contributed by atoms with Gasteiger partial charge in [-0.3, -0.25) is 0 Å². The zero-order chi connectivity index (χ0) is 9.23. The maximum atomic E-state index is 5.21. The third kappa shape index (κ3) is 10.6. The minimum atomic E-state index is 0.402. The summed E-state index contributed by atoms with van der Waals surface area (Å²) in [5, 5.41) is 0.687. The molecule has 0 N–H and O–H groups in total. The highest BCUT2D eigenvalue weighted by Crippen LogP contribution is 2.07. The molecule has 0 unspecified atom stereocenters. The fourth-order valence-electron chi connectivity index (χ4n) is 0.584. The van der Waals surface area contributed by atoms with Crippen LogP contribution in [0.1, 0.15) is 13.8 Å². The van der Waals surface area contributed by atoms with Gasteiger partial charge in [0.25, 0.3) is 0 Å². The smallest absolute Gasteiger partial charge is 0.146 e. The average molecular weight is 210 g/mol. The first-order chi connectivity index (χ1) is 5.77. The summed E-state index contributed by atoms with van der Waals surface area (Å²) < 4.78 is 10.3. The summed E-state index contributed by atoms with van der Waals surface area (Å²) in [4.78, 5) is 0. The van der Waals surface area contributed by atoms with Gasteiger partial charge >= 0.3 is 0 Å². The van der Waals surface area contributed by atoms with E-state index in [1.165, 1.54) is 0 Å². The Hall–Kier alpha value is 0.620. The Morgan fingerprint density at radius 1 is 1.25 bits per heavy atom. The molecule has 0 heterocycles. The molecular weight excluding hydrogens is 192 g/mol. The minimum Gasteiger partial charge on any atom is -0.355 e. The lowest BCUT2D eigenvalue weighted by Gasteiger charge is -2.05. The normalized spacial score (nSPS) is 11.0. The van der Waals surface area contributed by atoms with E-state index in [0.717, 1.165) is 18.1 Å². The average Bonchev–Trinajstić information content (AvgIpc) is 2.02. The van der Waals surface area contributed by atoms with Crippen LogP contribution < -0.4 is 0 Å². The highest BCUT2D eigenvalue weighted by atomic mass is 32.2. The second-order valence-electron chi connectivity index (χ2n) is 2.58. The number of thiol groups is 1. The highest BCUT2D eigenvalue weighted by Gasteiger charge is 1.93. The summed E-state index contributed by atoms with van der Waals surface area (Å²) in [6.45, 7) is 6.21. The first kappa shape index (κ1) is 12.6. The zero-order valence-electron chi connectivity index (χ0n) is 7.78. The Morgan fingerprint density at radius 2 is 1.92 bits per heavy atom. The van der Waals surface area contributed by atoms with Crippen molar-refractivity contribution in [1.29, 1.82) is 0 Å². The van der Waals surface area contributed by atoms with Crippen LogP contribution in [0.2, 0.25) is 0 Å². The molecule has 0 spiro atoms. The predicted molar refractivity (Wildman–Crippen MR) is 58.2 cm³/mol. The third-order valence-corrected chi connectivity index (χ3v) is 2.33. The van der Waals surface area contributed by atoms with Crippen LogP contribution in [0.15, 0.2) is 0 Å². The molecule has 0 aliphatic heterocycles. The Morgan fingerprint density at radius 3 is 2.50 bits per heavy atom. The highest BCUT2D eigenvalue weighted by molar-refractivity contribution is 7.99. The Bertz CT molecular complexity index is 89.1. The molecule has 0 aromatic heterocycles. The van der Waals surface area contributed by atoms with E-state index in [-0.39, 0.29) is 0 Å². The van der Waals surface area contributed by atoms with Crippen molar-refractivity contribution in [2.75, 3.05) is 31.5 Å². The fourth-order valence-corrected chi connectivity index (χ4v) is 1.40. The van der Waals surface area contributed by atoms with E-state index >= 15 is 0 Å². The predicted octanol–water partition coefficient (Wildman–Crippen LogP) is 2.05. The molecule has 0 rings (SSSR count). The van der Waals surface area contributed by atoms with Gasteiger partial charge in [-0.1, -0.05) is 13.8 Å². The SMILES string of the molecule is CC(C)SCCOCOCCS. The van der Waals surface area contributed by atoms with Crippen LogP contribution in [0.4, 0.5) is 0 Å². The van der Waals surface area contributed by atoms with Crippen LogP contribution >= 0.6 is 24.4 Å². The largest absolute Gasteiger partial charge is 0.355 e. The molecule has 0 radical (unpaired) electrons. The molecular formula is C8H18O2S2. The van der Waals surface area contributed by atoms with Gasteiger partial charge in [0.15, 0.2) is 0 Å². The molecule has 2 nitrogen and oxygen atoms in total. The van der Waals surface area contributed by atoms with Gasteiger partial charge in [-0.15, -0.1) is 0 Å². The molecule has 74 valence electrons. The lowest BCUT2D eigenvalue weighted by atomic mass is 10.6. The Labute approximate surface area is 84.8 Å². The van der Waals surface area contributed by atoms with E-state index in [9.17, 15) is 0 Å². The van der Waals surface area contributed by atoms with Crippen molar-refractivity contribution in [3.63, 3.8) is 0 Å². The van der Waals surface area contributed by atoms with Crippen LogP contribution in [0.5, 0.6) is 0 Å². The zero-order valence-corrected chi connectivity index (χ0v) is 9.50. The van der Waals surface area contributed by atoms with Crippen molar-refractivity contribution < 1.29 is 9.47 Å². The van der Waals surface area contributed by atoms with E-state index in [2.05, 4.69) is 26.5 Å². The van der Waals surface area contributed by atoms with Crippen LogP contribution in [0.25, 0.3) is 0 Å². The van der Waals surface area contributed by atoms with Gasteiger partial charge in [-0.2, -0.15) is 24.4 Å². The Balaban J connectivity index is 2.82. The molecule has 0 atom stereocenters. The standard InChI is InChI=1S/C8H18O2S2/c1-8(2)12-6-4-10-7-9-3-5-11/h8,11H,3-7H2,1-2H3. The summed E-state index contributed by atoms with van der Waals surface area (Å²) in [5.74, 6) is 1.80. The monoisotopic (exact) mass is 210 g/mol. The van der Waals surface area contributed by atoms with Gasteiger partial charge in [-0.25, -0.2) is 0 Å². The lowest BCUT2D eigenvalue weighted by Crippen LogP contribution is -2.05. The molecule has 0 aromatic carbocycles. The van der Waals surface area contributed by atoms with Crippen LogP contribution in [0, 0.1) is 0 Å². The quantitative estimate of drug-likeness (QED) is 0.376. The minimum absolute atomic E-state index is 0.402. The first-order valence-electron chi connectivity index (χ1n) is 4.15. The first-order valence-corrected chi connectivity index (χ1v) is 5.83. The van der Waals surface area contributed by atoms with Crippen molar-refractivity contribution in [3.8, 4) is 0 Å². The number of hydrogen-bond acceptors (Lipinski definition) is 4. The molecule has 0 saturated heterocycles. The van der Waals surface area contributed by atoms with Crippen molar-refractivity contribution in [1.82, 2.24) is 0 Å². The van der Waals surface area contributed by atoms with Gasteiger partial charge in [0.05, 0.1) is 13.2 Å². The number of hydrogen-bond donors (Lipinski definition) is 1. The Kier molecular flexibility index (Phi) is 10.2. The molecule has 12 heavy (non-hydrogen) atoms. The van der Waals surface area contributed by atoms with E-state index in [1.807, 2.05) is 11.8 Å². The van der Waals surface area contributed by atoms with Gasteiger partial charge in [-0.05, 0) is 5.25 Å². The summed E-state index contributed by atoms with van der Waals surface area (Å²) in [7, 11) is 0. The van der Waals surface area contributed by atoms with Gasteiger partial charge in [0, 0.05) is 11.5 Å². The molecule has 0 aromatic rings. The van der Waals surface area contributed by atoms with Gasteiger partial charge in [0.2, 0.25) is 0 Å². The van der Waals surface area contributed by atoms with E-state index in [0.29, 0.717) is 18.6 Å². The maximum absolute atomic E-state index is 5.21. The second-order valence-corrected chi connectivity index (χ2v) is 4.71. The summed E-state index contributed by atoms with van der Waals surface area (Å²) in [6, 6.07) is 0.